The number of carbonyl (C=O) groups is 1. The predicted molar refractivity (Wildman–Crippen MR) is 117 cm³/mol. The van der Waals surface area contributed by atoms with Gasteiger partial charge in [0.1, 0.15) is 28.7 Å². The largest absolute Gasteiger partial charge is 0.477 e. The minimum atomic E-state index is -4.54. The molecule has 0 heterocycles. The highest BCUT2D eigenvalue weighted by molar-refractivity contribution is 6.32. The van der Waals surface area contributed by atoms with Crippen molar-refractivity contribution >= 4 is 29.2 Å². The molecule has 0 unspecified atom stereocenters. The van der Waals surface area contributed by atoms with E-state index in [9.17, 15) is 26.7 Å². The molecule has 0 aliphatic carbocycles. The fourth-order valence-corrected chi connectivity index (χ4v) is 2.96. The normalized spacial score (nSPS) is 11.8. The van der Waals surface area contributed by atoms with Gasteiger partial charge in [-0.1, -0.05) is 17.7 Å². The molecular formula is C23H16ClF5N2O3. The maximum absolute atomic E-state index is 14.0. The summed E-state index contributed by atoms with van der Waals surface area (Å²) in [6.07, 6.45) is -4.54. The zero-order chi connectivity index (χ0) is 24.9. The first kappa shape index (κ1) is 25.0. The zero-order valence-electron chi connectivity index (χ0n) is 17.4. The predicted octanol–water partition coefficient (Wildman–Crippen LogP) is 7.44. The number of alkyl halides is 3. The van der Waals surface area contributed by atoms with Crippen LogP contribution in [0.4, 0.5) is 32.4 Å². The van der Waals surface area contributed by atoms with Crippen LogP contribution in [-0.2, 0) is 10.9 Å². The third kappa shape index (κ3) is 6.22. The summed E-state index contributed by atoms with van der Waals surface area (Å²) in [5.74, 6) is -2.17. The van der Waals surface area contributed by atoms with Crippen molar-refractivity contribution in [1.29, 1.82) is 0 Å². The van der Waals surface area contributed by atoms with Crippen LogP contribution in [0.1, 0.15) is 18.1 Å². The lowest BCUT2D eigenvalue weighted by molar-refractivity contribution is -0.137. The topological polar surface area (TPSA) is 59.9 Å². The second-order valence-corrected chi connectivity index (χ2v) is 7.05. The number of urea groups is 1. The first-order chi connectivity index (χ1) is 16.1. The van der Waals surface area contributed by atoms with Crippen LogP contribution in [0, 0.1) is 11.6 Å². The summed E-state index contributed by atoms with van der Waals surface area (Å²) in [5.41, 5.74) is -1.23. The van der Waals surface area contributed by atoms with Crippen molar-refractivity contribution in [2.75, 3.05) is 11.9 Å². The Morgan fingerprint density at radius 1 is 1.03 bits per heavy atom. The van der Waals surface area contributed by atoms with Crippen LogP contribution in [0.2, 0.25) is 5.02 Å². The van der Waals surface area contributed by atoms with E-state index in [0.717, 1.165) is 30.3 Å². The SMILES string of the molecule is CCO/C(=N\C(=O)Nc1ccc(Oc2ccc(C(F)(F)F)cc2Cl)cc1)c1c(F)cccc1F. The number of benzene rings is 3. The van der Waals surface area contributed by atoms with Crippen LogP contribution in [0.3, 0.4) is 0 Å². The van der Waals surface area contributed by atoms with Crippen LogP contribution in [0.25, 0.3) is 0 Å². The molecule has 1 N–H and O–H groups in total. The van der Waals surface area contributed by atoms with E-state index in [0.29, 0.717) is 0 Å². The molecule has 34 heavy (non-hydrogen) atoms. The molecule has 0 aromatic heterocycles. The quantitative estimate of drug-likeness (QED) is 0.226. The smallest absolute Gasteiger partial charge is 0.416 e. The van der Waals surface area contributed by atoms with E-state index in [2.05, 4.69) is 10.3 Å². The highest BCUT2D eigenvalue weighted by Gasteiger charge is 2.31. The molecule has 0 bridgehead atoms. The minimum Gasteiger partial charge on any atom is -0.477 e. The van der Waals surface area contributed by atoms with Crippen LogP contribution < -0.4 is 10.1 Å². The Kier molecular flexibility index (Phi) is 7.72. The lowest BCUT2D eigenvalue weighted by Gasteiger charge is -2.12. The number of halogens is 6. The molecule has 5 nitrogen and oxygen atoms in total. The van der Waals surface area contributed by atoms with Crippen molar-refractivity contribution in [2.24, 2.45) is 4.99 Å². The number of carbonyl (C=O) groups excluding carboxylic acids is 1. The van der Waals surface area contributed by atoms with Crippen molar-refractivity contribution in [3.8, 4) is 11.5 Å². The van der Waals surface area contributed by atoms with Gasteiger partial charge in [-0.25, -0.2) is 13.6 Å². The summed E-state index contributed by atoms with van der Waals surface area (Å²) in [6, 6.07) is 10.6. The lowest BCUT2D eigenvalue weighted by atomic mass is 10.2. The van der Waals surface area contributed by atoms with E-state index in [4.69, 9.17) is 21.1 Å². The third-order valence-electron chi connectivity index (χ3n) is 4.25. The molecule has 3 rings (SSSR count). The second kappa shape index (κ2) is 10.5. The monoisotopic (exact) mass is 498 g/mol. The third-order valence-corrected chi connectivity index (χ3v) is 4.55. The molecule has 3 aromatic rings. The number of rotatable bonds is 5. The van der Waals surface area contributed by atoms with E-state index in [1.54, 1.807) is 6.92 Å². The van der Waals surface area contributed by atoms with Gasteiger partial charge in [0.05, 0.1) is 17.2 Å². The van der Waals surface area contributed by atoms with Gasteiger partial charge in [0.15, 0.2) is 0 Å². The summed E-state index contributed by atoms with van der Waals surface area (Å²) in [7, 11) is 0. The van der Waals surface area contributed by atoms with E-state index in [-0.39, 0.29) is 28.8 Å². The molecule has 0 radical (unpaired) electrons. The molecule has 0 fully saturated rings. The molecule has 0 aliphatic heterocycles. The van der Waals surface area contributed by atoms with Crippen LogP contribution in [0.15, 0.2) is 65.7 Å². The summed E-state index contributed by atoms with van der Waals surface area (Å²) in [5, 5.41) is 2.18. The first-order valence-corrected chi connectivity index (χ1v) is 10.1. The number of nitrogens with one attached hydrogen (secondary N) is 1. The van der Waals surface area contributed by atoms with Gasteiger partial charge < -0.3 is 14.8 Å². The van der Waals surface area contributed by atoms with Crippen molar-refractivity contribution in [3.05, 3.63) is 88.4 Å². The summed E-state index contributed by atoms with van der Waals surface area (Å²) < 4.78 is 76.9. The molecule has 3 aromatic carbocycles. The molecule has 0 saturated heterocycles. The van der Waals surface area contributed by atoms with Crippen LogP contribution >= 0.6 is 11.6 Å². The van der Waals surface area contributed by atoms with E-state index >= 15 is 0 Å². The van der Waals surface area contributed by atoms with Gasteiger partial charge >= 0.3 is 12.2 Å². The van der Waals surface area contributed by atoms with Gasteiger partial charge in [-0.3, -0.25) is 0 Å². The number of hydrogen-bond acceptors (Lipinski definition) is 3. The van der Waals surface area contributed by atoms with Crippen LogP contribution in [-0.4, -0.2) is 18.5 Å². The van der Waals surface area contributed by atoms with E-state index in [1.165, 1.54) is 30.3 Å². The van der Waals surface area contributed by atoms with Gasteiger partial charge in [-0.05, 0) is 61.5 Å². The van der Waals surface area contributed by atoms with Crippen molar-refractivity contribution < 1.29 is 36.2 Å². The number of anilines is 1. The fourth-order valence-electron chi connectivity index (χ4n) is 2.74. The van der Waals surface area contributed by atoms with E-state index < -0.39 is 40.9 Å². The highest BCUT2D eigenvalue weighted by Crippen LogP contribution is 2.36. The first-order valence-electron chi connectivity index (χ1n) is 9.70. The molecule has 178 valence electrons. The second-order valence-electron chi connectivity index (χ2n) is 6.65. The average molecular weight is 499 g/mol. The molecule has 0 saturated carbocycles. The Balaban J connectivity index is 1.72. The summed E-state index contributed by atoms with van der Waals surface area (Å²) in [4.78, 5) is 15.9. The molecule has 0 aliphatic rings. The molecule has 2 amide bonds. The highest BCUT2D eigenvalue weighted by atomic mass is 35.5. The average Bonchev–Trinajstić information content (AvgIpc) is 2.75. The fraction of sp³-hybridized carbons (Fsp3) is 0.130. The number of nitrogens with zero attached hydrogens (tertiary/aromatic N) is 1. The lowest BCUT2D eigenvalue weighted by Crippen LogP contribution is -2.16. The van der Waals surface area contributed by atoms with Gasteiger partial charge in [0.2, 0.25) is 5.90 Å². The van der Waals surface area contributed by atoms with Gasteiger partial charge in [-0.2, -0.15) is 18.2 Å². The molecule has 0 spiro atoms. The Hall–Kier alpha value is -3.66. The summed E-state index contributed by atoms with van der Waals surface area (Å²) >= 11 is 5.87. The Bertz CT molecular complexity index is 1190. The minimum absolute atomic E-state index is 0.00400. The number of ether oxygens (including phenoxy) is 2. The Morgan fingerprint density at radius 3 is 2.24 bits per heavy atom. The standard InChI is InChI=1S/C23H16ClF5N2O3/c1-2-33-21(20-17(25)4-3-5-18(20)26)31-22(32)30-14-7-9-15(10-8-14)34-19-11-6-13(12-16(19)24)23(27,28)29/h3-12H,2H2,1H3,(H,30,32)/b31-21-. The number of aliphatic imine (C=N–C) groups is 1. The molecule has 0 atom stereocenters. The summed E-state index contributed by atoms with van der Waals surface area (Å²) in [6.45, 7) is 1.58. The van der Waals surface area contributed by atoms with Gasteiger partial charge in [0, 0.05) is 5.69 Å². The maximum atomic E-state index is 14.0. The molecular weight excluding hydrogens is 483 g/mol. The maximum Gasteiger partial charge on any atom is 0.416 e. The zero-order valence-corrected chi connectivity index (χ0v) is 18.2. The Morgan fingerprint density at radius 2 is 1.68 bits per heavy atom. The Labute approximate surface area is 195 Å². The molecule has 11 heteroatoms. The van der Waals surface area contributed by atoms with Crippen LogP contribution in [0.5, 0.6) is 11.5 Å². The van der Waals surface area contributed by atoms with E-state index in [1.807, 2.05) is 0 Å². The number of hydrogen-bond donors (Lipinski definition) is 1. The van der Waals surface area contributed by atoms with Crippen molar-refractivity contribution in [1.82, 2.24) is 0 Å². The van der Waals surface area contributed by atoms with Gasteiger partial charge in [-0.15, -0.1) is 0 Å². The van der Waals surface area contributed by atoms with Gasteiger partial charge in [0.25, 0.3) is 0 Å². The van der Waals surface area contributed by atoms with Crippen molar-refractivity contribution in [2.45, 2.75) is 13.1 Å². The van der Waals surface area contributed by atoms with Crippen molar-refractivity contribution in [3.63, 3.8) is 0 Å². The number of amides is 2.